The number of benzene rings is 1. The van der Waals surface area contributed by atoms with Gasteiger partial charge >= 0.3 is 7.12 Å². The summed E-state index contributed by atoms with van der Waals surface area (Å²) in [6.07, 6.45) is 3.71. The first-order valence-corrected chi connectivity index (χ1v) is 8.63. The molecule has 130 valence electrons. The van der Waals surface area contributed by atoms with Gasteiger partial charge in [0.05, 0.1) is 29.4 Å². The average Bonchev–Trinajstić information content (AvgIpc) is 3.11. The quantitative estimate of drug-likeness (QED) is 0.805. The summed E-state index contributed by atoms with van der Waals surface area (Å²) >= 11 is 0. The van der Waals surface area contributed by atoms with E-state index in [1.165, 1.54) is 0 Å². The van der Waals surface area contributed by atoms with E-state index in [1.54, 1.807) is 6.20 Å². The minimum Gasteiger partial charge on any atom is -0.399 e. The van der Waals surface area contributed by atoms with E-state index < -0.39 is 7.12 Å². The lowest BCUT2D eigenvalue weighted by Crippen LogP contribution is -2.48. The summed E-state index contributed by atoms with van der Waals surface area (Å²) < 4.78 is 14.3. The molecule has 1 aliphatic rings. The molecule has 0 radical (unpaired) electrons. The third kappa shape index (κ3) is 3.10. The van der Waals surface area contributed by atoms with Crippen molar-refractivity contribution in [3.8, 4) is 6.07 Å². The Morgan fingerprint density at radius 2 is 1.96 bits per heavy atom. The standard InChI is InChI=1S/C19H24BN3O2/c1-14(2)19(5)18(3,4)24-20(25-19)17-11-22-23(13-17)12-16-9-7-6-8-15(16)10-21/h6-9,11,13-14H,12H2,1-5H3. The molecule has 0 amide bonds. The highest BCUT2D eigenvalue weighted by atomic mass is 16.7. The molecule has 0 N–H and O–H groups in total. The average molecular weight is 337 g/mol. The molecule has 1 saturated heterocycles. The van der Waals surface area contributed by atoms with Gasteiger partial charge in [-0.05, 0) is 38.3 Å². The van der Waals surface area contributed by atoms with Crippen LogP contribution in [0.3, 0.4) is 0 Å². The second kappa shape index (κ2) is 6.32. The van der Waals surface area contributed by atoms with Crippen molar-refractivity contribution >= 4 is 12.6 Å². The van der Waals surface area contributed by atoms with Crippen LogP contribution in [0.4, 0.5) is 0 Å². The molecule has 1 fully saturated rings. The third-order valence-electron chi connectivity index (χ3n) is 5.45. The van der Waals surface area contributed by atoms with E-state index in [0.717, 1.165) is 11.0 Å². The molecule has 1 unspecified atom stereocenters. The van der Waals surface area contributed by atoms with Crippen LogP contribution >= 0.6 is 0 Å². The van der Waals surface area contributed by atoms with E-state index in [-0.39, 0.29) is 11.2 Å². The molecule has 6 heteroatoms. The lowest BCUT2D eigenvalue weighted by molar-refractivity contribution is -0.0435. The lowest BCUT2D eigenvalue weighted by atomic mass is 9.78. The van der Waals surface area contributed by atoms with Crippen molar-refractivity contribution in [1.29, 1.82) is 5.26 Å². The van der Waals surface area contributed by atoms with Crippen LogP contribution in [0.5, 0.6) is 0 Å². The van der Waals surface area contributed by atoms with Gasteiger partial charge in [-0.25, -0.2) is 0 Å². The molecule has 25 heavy (non-hydrogen) atoms. The Morgan fingerprint density at radius 1 is 1.24 bits per heavy atom. The van der Waals surface area contributed by atoms with Crippen LogP contribution in [0.25, 0.3) is 0 Å². The van der Waals surface area contributed by atoms with Crippen LogP contribution < -0.4 is 5.46 Å². The predicted molar refractivity (Wildman–Crippen MR) is 97.4 cm³/mol. The SMILES string of the molecule is CC(C)C1(C)OB(c2cnn(Cc3ccccc3C#N)c2)OC1(C)C. The van der Waals surface area contributed by atoms with Crippen LogP contribution in [0.2, 0.25) is 0 Å². The van der Waals surface area contributed by atoms with Gasteiger partial charge in [-0.3, -0.25) is 4.68 Å². The fourth-order valence-corrected chi connectivity index (χ4v) is 3.27. The van der Waals surface area contributed by atoms with E-state index in [4.69, 9.17) is 9.31 Å². The van der Waals surface area contributed by atoms with Crippen molar-refractivity contribution in [2.45, 2.75) is 52.4 Å². The topological polar surface area (TPSA) is 60.1 Å². The predicted octanol–water partition coefficient (Wildman–Crippen LogP) is 2.74. The van der Waals surface area contributed by atoms with Crippen molar-refractivity contribution in [3.05, 3.63) is 47.8 Å². The van der Waals surface area contributed by atoms with Gasteiger partial charge in [0, 0.05) is 17.9 Å². The first-order valence-electron chi connectivity index (χ1n) is 8.63. The second-order valence-corrected chi connectivity index (χ2v) is 7.58. The molecular weight excluding hydrogens is 313 g/mol. The van der Waals surface area contributed by atoms with E-state index in [9.17, 15) is 5.26 Å². The maximum atomic E-state index is 9.22. The summed E-state index contributed by atoms with van der Waals surface area (Å²) in [4.78, 5) is 0. The maximum absolute atomic E-state index is 9.22. The first kappa shape index (κ1) is 17.7. The van der Waals surface area contributed by atoms with Gasteiger partial charge in [0.1, 0.15) is 0 Å². The number of hydrogen-bond acceptors (Lipinski definition) is 4. The Bertz CT molecular complexity index is 809. The highest BCUT2D eigenvalue weighted by Crippen LogP contribution is 2.42. The zero-order valence-electron chi connectivity index (χ0n) is 15.5. The van der Waals surface area contributed by atoms with E-state index in [2.05, 4.69) is 45.8 Å². The number of nitrogens with zero attached hydrogens (tertiary/aromatic N) is 3. The molecule has 0 spiro atoms. The van der Waals surface area contributed by atoms with E-state index in [1.807, 2.05) is 35.1 Å². The molecule has 1 aromatic carbocycles. The van der Waals surface area contributed by atoms with Crippen molar-refractivity contribution in [1.82, 2.24) is 9.78 Å². The summed E-state index contributed by atoms with van der Waals surface area (Å²) in [7, 11) is -0.428. The lowest BCUT2D eigenvalue weighted by Gasteiger charge is -2.39. The summed E-state index contributed by atoms with van der Waals surface area (Å²) in [6, 6.07) is 9.78. The number of aromatic nitrogens is 2. The molecule has 2 heterocycles. The minimum atomic E-state index is -0.428. The summed E-state index contributed by atoms with van der Waals surface area (Å²) in [6.45, 7) is 11.1. The zero-order valence-corrected chi connectivity index (χ0v) is 15.5. The Morgan fingerprint density at radius 3 is 2.60 bits per heavy atom. The third-order valence-corrected chi connectivity index (χ3v) is 5.45. The summed E-state index contributed by atoms with van der Waals surface area (Å²) in [5.74, 6) is 0.324. The maximum Gasteiger partial charge on any atom is 0.498 e. The molecular formula is C19H24BN3O2. The summed E-state index contributed by atoms with van der Waals surface area (Å²) in [5, 5.41) is 13.6. The smallest absolute Gasteiger partial charge is 0.399 e. The van der Waals surface area contributed by atoms with Gasteiger partial charge in [0.25, 0.3) is 0 Å². The molecule has 1 atom stereocenters. The van der Waals surface area contributed by atoms with Gasteiger partial charge in [-0.2, -0.15) is 10.4 Å². The fraction of sp³-hybridized carbons (Fsp3) is 0.474. The van der Waals surface area contributed by atoms with Crippen molar-refractivity contribution in [2.75, 3.05) is 0 Å². The Balaban J connectivity index is 1.80. The normalized spacial score (nSPS) is 22.4. The molecule has 0 saturated carbocycles. The number of nitriles is 1. The molecule has 1 aromatic heterocycles. The highest BCUT2D eigenvalue weighted by Gasteiger charge is 2.56. The Kier molecular flexibility index (Phi) is 4.48. The number of rotatable bonds is 4. The second-order valence-electron chi connectivity index (χ2n) is 7.58. The summed E-state index contributed by atoms with van der Waals surface area (Å²) in [5.41, 5.74) is 1.75. The molecule has 2 aromatic rings. The van der Waals surface area contributed by atoms with Gasteiger partial charge in [-0.1, -0.05) is 32.0 Å². The van der Waals surface area contributed by atoms with Crippen LogP contribution in [-0.4, -0.2) is 28.1 Å². The number of hydrogen-bond donors (Lipinski definition) is 0. The van der Waals surface area contributed by atoms with E-state index in [0.29, 0.717) is 18.0 Å². The van der Waals surface area contributed by atoms with Crippen molar-refractivity contribution in [3.63, 3.8) is 0 Å². The van der Waals surface area contributed by atoms with Crippen molar-refractivity contribution in [2.24, 2.45) is 5.92 Å². The van der Waals surface area contributed by atoms with Gasteiger partial charge in [-0.15, -0.1) is 0 Å². The van der Waals surface area contributed by atoms with Gasteiger partial charge in [0.15, 0.2) is 0 Å². The Hall–Kier alpha value is -2.10. The molecule has 0 aliphatic carbocycles. The van der Waals surface area contributed by atoms with E-state index >= 15 is 0 Å². The zero-order chi connectivity index (χ0) is 18.2. The molecule has 3 rings (SSSR count). The van der Waals surface area contributed by atoms with Gasteiger partial charge in [0.2, 0.25) is 0 Å². The van der Waals surface area contributed by atoms with Crippen LogP contribution in [0.15, 0.2) is 36.7 Å². The van der Waals surface area contributed by atoms with Crippen LogP contribution in [0, 0.1) is 17.2 Å². The largest absolute Gasteiger partial charge is 0.498 e. The first-order chi connectivity index (χ1) is 11.8. The van der Waals surface area contributed by atoms with Gasteiger partial charge < -0.3 is 9.31 Å². The molecule has 0 bridgehead atoms. The van der Waals surface area contributed by atoms with Crippen LogP contribution in [-0.2, 0) is 15.9 Å². The van der Waals surface area contributed by atoms with Crippen molar-refractivity contribution < 1.29 is 9.31 Å². The van der Waals surface area contributed by atoms with Crippen LogP contribution in [0.1, 0.15) is 45.7 Å². The monoisotopic (exact) mass is 337 g/mol. The molecule has 1 aliphatic heterocycles. The highest BCUT2D eigenvalue weighted by molar-refractivity contribution is 6.62. The fourth-order valence-electron chi connectivity index (χ4n) is 3.27. The minimum absolute atomic E-state index is 0.324. The molecule has 5 nitrogen and oxygen atoms in total. The Labute approximate surface area is 149 Å².